The first kappa shape index (κ1) is 22.3. The van der Waals surface area contributed by atoms with E-state index < -0.39 is 0 Å². The molecule has 0 aliphatic heterocycles. The quantitative estimate of drug-likeness (QED) is 0.246. The SMILES string of the molecule is Nc1ncnc(Nc2ccc(OCc3cccc(F)c3)c(Cl)c2)c1C=NOCCCO. The monoisotopic (exact) mass is 445 g/mol. The number of rotatable bonds is 10. The van der Waals surface area contributed by atoms with Crippen LogP contribution in [-0.4, -0.2) is 34.5 Å². The number of aromatic nitrogens is 2. The second-order valence-corrected chi connectivity index (χ2v) is 6.76. The summed E-state index contributed by atoms with van der Waals surface area (Å²) < 4.78 is 19.0. The maximum atomic E-state index is 13.3. The summed E-state index contributed by atoms with van der Waals surface area (Å²) in [5.74, 6) is 0.756. The molecule has 0 spiro atoms. The predicted octanol–water partition coefficient (Wildman–Crippen LogP) is 3.91. The van der Waals surface area contributed by atoms with E-state index in [9.17, 15) is 4.39 Å². The Morgan fingerprint density at radius 2 is 2.10 bits per heavy atom. The van der Waals surface area contributed by atoms with Gasteiger partial charge in [-0.15, -0.1) is 0 Å². The van der Waals surface area contributed by atoms with E-state index in [2.05, 4.69) is 20.4 Å². The highest BCUT2D eigenvalue weighted by molar-refractivity contribution is 6.32. The summed E-state index contributed by atoms with van der Waals surface area (Å²) in [4.78, 5) is 13.2. The number of nitrogens with zero attached hydrogens (tertiary/aromatic N) is 3. The van der Waals surface area contributed by atoms with Gasteiger partial charge in [0.2, 0.25) is 0 Å². The maximum Gasteiger partial charge on any atom is 0.144 e. The number of hydrogen-bond donors (Lipinski definition) is 3. The zero-order valence-electron chi connectivity index (χ0n) is 16.5. The third-order valence-electron chi connectivity index (χ3n) is 4.04. The van der Waals surface area contributed by atoms with Crippen LogP contribution >= 0.6 is 11.6 Å². The van der Waals surface area contributed by atoms with Crippen LogP contribution in [0.3, 0.4) is 0 Å². The Balaban J connectivity index is 1.69. The molecule has 31 heavy (non-hydrogen) atoms. The van der Waals surface area contributed by atoms with Gasteiger partial charge in [0.25, 0.3) is 0 Å². The fourth-order valence-corrected chi connectivity index (χ4v) is 2.76. The molecule has 0 atom stereocenters. The van der Waals surface area contributed by atoms with Gasteiger partial charge in [-0.25, -0.2) is 14.4 Å². The summed E-state index contributed by atoms with van der Waals surface area (Å²) in [6.07, 6.45) is 3.18. The molecule has 8 nitrogen and oxygen atoms in total. The molecule has 0 amide bonds. The van der Waals surface area contributed by atoms with E-state index in [4.69, 9.17) is 32.0 Å². The van der Waals surface area contributed by atoms with Crippen molar-refractivity contribution in [2.45, 2.75) is 13.0 Å². The fraction of sp³-hybridized carbons (Fsp3) is 0.190. The van der Waals surface area contributed by atoms with Gasteiger partial charge in [-0.2, -0.15) is 0 Å². The average Bonchev–Trinajstić information content (AvgIpc) is 2.75. The van der Waals surface area contributed by atoms with Crippen LogP contribution < -0.4 is 15.8 Å². The highest BCUT2D eigenvalue weighted by Crippen LogP contribution is 2.30. The zero-order valence-corrected chi connectivity index (χ0v) is 17.2. The van der Waals surface area contributed by atoms with E-state index in [1.54, 1.807) is 30.3 Å². The number of aliphatic hydroxyl groups is 1. The zero-order chi connectivity index (χ0) is 22.1. The summed E-state index contributed by atoms with van der Waals surface area (Å²) in [5, 5.41) is 16.1. The van der Waals surface area contributed by atoms with Crippen molar-refractivity contribution in [3.63, 3.8) is 0 Å². The molecule has 4 N–H and O–H groups in total. The van der Waals surface area contributed by atoms with Crippen molar-refractivity contribution in [3.05, 3.63) is 70.8 Å². The molecule has 10 heteroatoms. The molecule has 1 aromatic heterocycles. The number of nitrogen functional groups attached to an aromatic ring is 1. The molecule has 0 saturated carbocycles. The molecular weight excluding hydrogens is 425 g/mol. The molecule has 0 radical (unpaired) electrons. The van der Waals surface area contributed by atoms with E-state index in [1.807, 2.05) is 0 Å². The Hall–Kier alpha value is -3.43. The normalized spacial score (nSPS) is 10.9. The van der Waals surface area contributed by atoms with Gasteiger partial charge in [-0.3, -0.25) is 0 Å². The molecule has 0 bridgehead atoms. The topological polar surface area (TPSA) is 115 Å². The van der Waals surface area contributed by atoms with Crippen molar-refractivity contribution in [2.75, 3.05) is 24.3 Å². The molecule has 2 aromatic carbocycles. The summed E-state index contributed by atoms with van der Waals surface area (Å²) in [7, 11) is 0. The van der Waals surface area contributed by atoms with Crippen LogP contribution in [-0.2, 0) is 11.4 Å². The van der Waals surface area contributed by atoms with E-state index >= 15 is 0 Å². The number of ether oxygens (including phenoxy) is 1. The Kier molecular flexibility index (Phi) is 7.97. The standard InChI is InChI=1S/C21H21ClFN5O3/c22-18-10-16(5-6-19(18)30-12-14-3-1-4-15(23)9-14)28-21-17(20(24)25-13-26-21)11-27-31-8-2-7-29/h1,3-6,9-11,13,29H,2,7-8,12H2,(H3,24,25,26,28). The second kappa shape index (κ2) is 11.1. The second-order valence-electron chi connectivity index (χ2n) is 6.35. The Morgan fingerprint density at radius 1 is 1.23 bits per heavy atom. The smallest absolute Gasteiger partial charge is 0.144 e. The number of nitrogens with two attached hydrogens (primary N) is 1. The molecular formula is C21H21ClFN5O3. The molecule has 0 unspecified atom stereocenters. The van der Waals surface area contributed by atoms with Gasteiger partial charge in [0, 0.05) is 18.7 Å². The Bertz CT molecular complexity index is 1050. The summed E-state index contributed by atoms with van der Waals surface area (Å²) in [6.45, 7) is 0.473. The van der Waals surface area contributed by atoms with E-state index in [0.29, 0.717) is 39.8 Å². The van der Waals surface area contributed by atoms with Crippen LogP contribution in [0.25, 0.3) is 0 Å². The molecule has 162 valence electrons. The molecule has 0 fully saturated rings. The lowest BCUT2D eigenvalue weighted by Crippen LogP contribution is -2.05. The van der Waals surface area contributed by atoms with Crippen LogP contribution in [0.2, 0.25) is 5.02 Å². The molecule has 0 aliphatic rings. The van der Waals surface area contributed by atoms with Gasteiger partial charge in [-0.1, -0.05) is 28.9 Å². The first-order valence-electron chi connectivity index (χ1n) is 9.37. The fourth-order valence-electron chi connectivity index (χ4n) is 2.53. The molecule has 0 saturated heterocycles. The van der Waals surface area contributed by atoms with E-state index in [-0.39, 0.29) is 31.5 Å². The Labute approximate surface area is 183 Å². The van der Waals surface area contributed by atoms with Gasteiger partial charge in [0.05, 0.1) is 16.8 Å². The minimum atomic E-state index is -0.325. The number of benzene rings is 2. The van der Waals surface area contributed by atoms with Crippen molar-refractivity contribution >= 4 is 35.1 Å². The third kappa shape index (κ3) is 6.53. The van der Waals surface area contributed by atoms with Gasteiger partial charge >= 0.3 is 0 Å². The lowest BCUT2D eigenvalue weighted by atomic mass is 10.2. The minimum Gasteiger partial charge on any atom is -0.487 e. The minimum absolute atomic E-state index is 0.0155. The van der Waals surface area contributed by atoms with Crippen LogP contribution in [0.15, 0.2) is 53.9 Å². The van der Waals surface area contributed by atoms with Crippen LogP contribution in [0, 0.1) is 5.82 Å². The van der Waals surface area contributed by atoms with Gasteiger partial charge in [-0.05, 0) is 35.9 Å². The lowest BCUT2D eigenvalue weighted by molar-refractivity contribution is 0.125. The van der Waals surface area contributed by atoms with Crippen molar-refractivity contribution in [1.29, 1.82) is 0 Å². The number of anilines is 3. The van der Waals surface area contributed by atoms with Gasteiger partial charge < -0.3 is 25.7 Å². The summed E-state index contributed by atoms with van der Waals surface area (Å²) in [6, 6.07) is 11.3. The van der Waals surface area contributed by atoms with Crippen molar-refractivity contribution in [1.82, 2.24) is 9.97 Å². The number of aliphatic hydroxyl groups excluding tert-OH is 1. The maximum absolute atomic E-state index is 13.3. The van der Waals surface area contributed by atoms with Crippen molar-refractivity contribution in [2.24, 2.45) is 5.16 Å². The van der Waals surface area contributed by atoms with Crippen LogP contribution in [0.5, 0.6) is 5.75 Å². The van der Waals surface area contributed by atoms with Crippen LogP contribution in [0.4, 0.5) is 21.7 Å². The van der Waals surface area contributed by atoms with E-state index in [0.717, 1.165) is 0 Å². The molecule has 3 rings (SSSR count). The molecule has 1 heterocycles. The van der Waals surface area contributed by atoms with Gasteiger partial charge in [0.1, 0.15) is 42.7 Å². The van der Waals surface area contributed by atoms with Crippen molar-refractivity contribution < 1.29 is 19.1 Å². The number of halogens is 2. The number of hydrogen-bond acceptors (Lipinski definition) is 8. The highest BCUT2D eigenvalue weighted by Gasteiger charge is 2.10. The largest absolute Gasteiger partial charge is 0.487 e. The van der Waals surface area contributed by atoms with Crippen molar-refractivity contribution in [3.8, 4) is 5.75 Å². The van der Waals surface area contributed by atoms with Crippen LogP contribution in [0.1, 0.15) is 17.5 Å². The Morgan fingerprint density at radius 3 is 2.87 bits per heavy atom. The lowest BCUT2D eigenvalue weighted by Gasteiger charge is -2.12. The summed E-state index contributed by atoms with van der Waals surface area (Å²) >= 11 is 6.33. The third-order valence-corrected chi connectivity index (χ3v) is 4.34. The van der Waals surface area contributed by atoms with Gasteiger partial charge in [0.15, 0.2) is 0 Å². The first-order chi connectivity index (χ1) is 15.1. The van der Waals surface area contributed by atoms with E-state index in [1.165, 1.54) is 24.7 Å². The summed E-state index contributed by atoms with van der Waals surface area (Å²) in [5.41, 5.74) is 7.69. The average molecular weight is 446 g/mol. The first-order valence-corrected chi connectivity index (χ1v) is 9.75. The molecule has 3 aromatic rings. The molecule has 0 aliphatic carbocycles. The predicted molar refractivity (Wildman–Crippen MR) is 117 cm³/mol. The number of oxime groups is 1. The highest BCUT2D eigenvalue weighted by atomic mass is 35.5. The number of nitrogens with one attached hydrogen (secondary N) is 1.